The van der Waals surface area contributed by atoms with Crippen molar-refractivity contribution >= 4 is 11.7 Å². The first-order chi connectivity index (χ1) is 14.5. The molecule has 1 aromatic carbocycles. The van der Waals surface area contributed by atoms with Crippen molar-refractivity contribution in [3.8, 4) is 0 Å². The lowest BCUT2D eigenvalue weighted by Crippen LogP contribution is -2.41. The Balaban J connectivity index is 1.40. The molecular formula is C23H26FN5O. The fourth-order valence-corrected chi connectivity index (χ4v) is 5.17. The van der Waals surface area contributed by atoms with E-state index in [9.17, 15) is 9.18 Å². The summed E-state index contributed by atoms with van der Waals surface area (Å²) < 4.78 is 16.1. The monoisotopic (exact) mass is 407 g/mol. The number of aromatic nitrogens is 2. The predicted molar refractivity (Wildman–Crippen MR) is 112 cm³/mol. The number of carbonyl (C=O) groups excluding carboxylic acids is 1. The SMILES string of the molecule is CN(C)C(=O)N1C[C@H]2CN(Cc3cnc4ccccn34)C[C@H]2[C@@H]1c1cccc(F)c1. The van der Waals surface area contributed by atoms with Gasteiger partial charge in [-0.3, -0.25) is 4.90 Å². The lowest BCUT2D eigenvalue weighted by molar-refractivity contribution is 0.151. The van der Waals surface area contributed by atoms with Crippen LogP contribution in [0.15, 0.2) is 54.9 Å². The van der Waals surface area contributed by atoms with Gasteiger partial charge in [-0.15, -0.1) is 0 Å². The highest BCUT2D eigenvalue weighted by atomic mass is 19.1. The van der Waals surface area contributed by atoms with E-state index in [2.05, 4.69) is 14.3 Å². The van der Waals surface area contributed by atoms with Crippen molar-refractivity contribution in [2.75, 3.05) is 33.7 Å². The number of pyridine rings is 1. The molecule has 3 aromatic rings. The van der Waals surface area contributed by atoms with E-state index < -0.39 is 0 Å². The van der Waals surface area contributed by atoms with Gasteiger partial charge >= 0.3 is 6.03 Å². The Morgan fingerprint density at radius 2 is 2.03 bits per heavy atom. The first-order valence-electron chi connectivity index (χ1n) is 10.4. The van der Waals surface area contributed by atoms with E-state index in [1.807, 2.05) is 41.6 Å². The summed E-state index contributed by atoms with van der Waals surface area (Å²) in [5, 5.41) is 0. The molecule has 7 heteroatoms. The quantitative estimate of drug-likeness (QED) is 0.670. The van der Waals surface area contributed by atoms with Gasteiger partial charge in [0.1, 0.15) is 11.5 Å². The molecule has 0 unspecified atom stereocenters. The summed E-state index contributed by atoms with van der Waals surface area (Å²) in [5.41, 5.74) is 3.00. The number of likely N-dealkylation sites (tertiary alicyclic amines) is 2. The van der Waals surface area contributed by atoms with Gasteiger partial charge < -0.3 is 14.2 Å². The minimum atomic E-state index is -0.256. The average molecular weight is 407 g/mol. The summed E-state index contributed by atoms with van der Waals surface area (Å²) in [6.45, 7) is 3.32. The Kier molecular flexibility index (Phi) is 4.70. The topological polar surface area (TPSA) is 44.1 Å². The maximum absolute atomic E-state index is 14.0. The lowest BCUT2D eigenvalue weighted by Gasteiger charge is -2.31. The van der Waals surface area contributed by atoms with Crippen LogP contribution >= 0.6 is 0 Å². The number of halogens is 1. The van der Waals surface area contributed by atoms with Gasteiger partial charge in [-0.1, -0.05) is 18.2 Å². The summed E-state index contributed by atoms with van der Waals surface area (Å²) in [6, 6.07) is 12.6. The average Bonchev–Trinajstić information content (AvgIpc) is 3.40. The van der Waals surface area contributed by atoms with Crippen LogP contribution in [-0.2, 0) is 6.54 Å². The van der Waals surface area contributed by atoms with Gasteiger partial charge in [-0.05, 0) is 35.7 Å². The molecule has 0 aliphatic carbocycles. The Morgan fingerprint density at radius 1 is 1.17 bits per heavy atom. The van der Waals surface area contributed by atoms with Gasteiger partial charge in [-0.25, -0.2) is 14.2 Å². The molecule has 3 atom stereocenters. The van der Waals surface area contributed by atoms with Crippen LogP contribution in [0.1, 0.15) is 17.3 Å². The second-order valence-corrected chi connectivity index (χ2v) is 8.63. The molecule has 2 aliphatic heterocycles. The van der Waals surface area contributed by atoms with Crippen molar-refractivity contribution in [2.45, 2.75) is 12.6 Å². The smallest absolute Gasteiger partial charge is 0.320 e. The van der Waals surface area contributed by atoms with Gasteiger partial charge in [0.2, 0.25) is 0 Å². The zero-order chi connectivity index (χ0) is 20.8. The van der Waals surface area contributed by atoms with E-state index in [1.165, 1.54) is 6.07 Å². The van der Waals surface area contributed by atoms with Crippen molar-refractivity contribution in [1.29, 1.82) is 0 Å². The molecule has 6 nitrogen and oxygen atoms in total. The minimum absolute atomic E-state index is 0.00741. The number of nitrogens with zero attached hydrogens (tertiary/aromatic N) is 5. The van der Waals surface area contributed by atoms with E-state index in [1.54, 1.807) is 31.1 Å². The molecule has 2 aromatic heterocycles. The van der Waals surface area contributed by atoms with Crippen LogP contribution in [0.4, 0.5) is 9.18 Å². The number of amides is 2. The fourth-order valence-electron chi connectivity index (χ4n) is 5.17. The summed E-state index contributed by atoms with van der Waals surface area (Å²) in [5.74, 6) is 0.407. The standard InChI is InChI=1S/C23H26FN5O/c1-26(2)23(30)29-13-17-12-27(14-19-11-25-21-8-3-4-9-28(19)21)15-20(17)22(29)16-6-5-7-18(24)10-16/h3-11,17,20,22H,12-15H2,1-2H3/t17-,20-,22+/m1/s1. The van der Waals surface area contributed by atoms with Crippen molar-refractivity contribution in [2.24, 2.45) is 11.8 Å². The number of imidazole rings is 1. The molecule has 2 amide bonds. The molecule has 5 rings (SSSR count). The van der Waals surface area contributed by atoms with Crippen molar-refractivity contribution < 1.29 is 9.18 Å². The van der Waals surface area contributed by atoms with Crippen LogP contribution in [0.5, 0.6) is 0 Å². The minimum Gasteiger partial charge on any atom is -0.331 e. The normalized spacial score (nSPS) is 23.8. The molecule has 0 radical (unpaired) electrons. The van der Waals surface area contributed by atoms with E-state index in [0.717, 1.165) is 36.5 Å². The first-order valence-corrected chi connectivity index (χ1v) is 10.4. The summed E-state index contributed by atoms with van der Waals surface area (Å²) in [6.07, 6.45) is 3.98. The number of fused-ring (bicyclic) bond motifs is 2. The van der Waals surface area contributed by atoms with Crippen LogP contribution in [0, 0.1) is 17.7 Å². The zero-order valence-electron chi connectivity index (χ0n) is 17.3. The van der Waals surface area contributed by atoms with Gasteiger partial charge in [0.05, 0.1) is 17.9 Å². The number of hydrogen-bond acceptors (Lipinski definition) is 3. The molecular weight excluding hydrogens is 381 g/mol. The highest BCUT2D eigenvalue weighted by molar-refractivity contribution is 5.75. The molecule has 2 saturated heterocycles. The van der Waals surface area contributed by atoms with E-state index in [0.29, 0.717) is 12.5 Å². The maximum Gasteiger partial charge on any atom is 0.320 e. The lowest BCUT2D eigenvalue weighted by atomic mass is 9.89. The number of urea groups is 1. The Hall–Kier alpha value is -2.93. The molecule has 0 spiro atoms. The molecule has 2 aliphatic rings. The summed E-state index contributed by atoms with van der Waals surface area (Å²) in [4.78, 5) is 23.3. The van der Waals surface area contributed by atoms with Gasteiger partial charge in [0.25, 0.3) is 0 Å². The summed E-state index contributed by atoms with van der Waals surface area (Å²) >= 11 is 0. The Labute approximate surface area is 175 Å². The summed E-state index contributed by atoms with van der Waals surface area (Å²) in [7, 11) is 3.55. The molecule has 2 fully saturated rings. The van der Waals surface area contributed by atoms with Gasteiger partial charge in [0, 0.05) is 52.4 Å². The molecule has 30 heavy (non-hydrogen) atoms. The number of benzene rings is 1. The third kappa shape index (κ3) is 3.23. The van der Waals surface area contributed by atoms with Crippen LogP contribution in [-0.4, -0.2) is 63.8 Å². The van der Waals surface area contributed by atoms with Crippen molar-refractivity contribution in [3.63, 3.8) is 0 Å². The molecule has 0 saturated carbocycles. The van der Waals surface area contributed by atoms with Crippen molar-refractivity contribution in [3.05, 3.63) is 71.9 Å². The van der Waals surface area contributed by atoms with E-state index in [4.69, 9.17) is 0 Å². The third-order valence-corrected chi connectivity index (χ3v) is 6.44. The van der Waals surface area contributed by atoms with Crippen molar-refractivity contribution in [1.82, 2.24) is 24.1 Å². The zero-order valence-corrected chi connectivity index (χ0v) is 17.3. The second-order valence-electron chi connectivity index (χ2n) is 8.63. The largest absolute Gasteiger partial charge is 0.331 e. The van der Waals surface area contributed by atoms with Crippen LogP contribution in [0.3, 0.4) is 0 Å². The first kappa shape index (κ1) is 19.1. The molecule has 0 N–H and O–H groups in total. The number of rotatable bonds is 3. The number of hydrogen-bond donors (Lipinski definition) is 0. The second kappa shape index (κ2) is 7.40. The Morgan fingerprint density at radius 3 is 2.83 bits per heavy atom. The highest BCUT2D eigenvalue weighted by Crippen LogP contribution is 2.45. The van der Waals surface area contributed by atoms with Gasteiger partial charge in [-0.2, -0.15) is 0 Å². The molecule has 156 valence electrons. The Bertz CT molecular complexity index is 1080. The number of carbonyl (C=O) groups is 1. The predicted octanol–water partition coefficient (Wildman–Crippen LogP) is 3.26. The molecule has 4 heterocycles. The van der Waals surface area contributed by atoms with Crippen LogP contribution in [0.2, 0.25) is 0 Å². The van der Waals surface area contributed by atoms with Gasteiger partial charge in [0.15, 0.2) is 0 Å². The third-order valence-electron chi connectivity index (χ3n) is 6.44. The van der Waals surface area contributed by atoms with E-state index >= 15 is 0 Å². The highest BCUT2D eigenvalue weighted by Gasteiger charge is 2.49. The van der Waals surface area contributed by atoms with Crippen LogP contribution in [0.25, 0.3) is 5.65 Å². The fraction of sp³-hybridized carbons (Fsp3) is 0.391. The van der Waals surface area contributed by atoms with E-state index in [-0.39, 0.29) is 23.8 Å². The maximum atomic E-state index is 14.0. The van der Waals surface area contributed by atoms with Crippen LogP contribution < -0.4 is 0 Å². The molecule has 0 bridgehead atoms.